The fourth-order valence-corrected chi connectivity index (χ4v) is 8.65. The van der Waals surface area contributed by atoms with Gasteiger partial charge >= 0.3 is 0 Å². The number of hydrogen-bond acceptors (Lipinski definition) is 4. The normalized spacial score (nSPS) is 11.9. The monoisotopic (exact) mass is 729 g/mol. The number of para-hydroxylation sites is 4. The number of furan rings is 1. The van der Waals surface area contributed by atoms with E-state index < -0.39 is 0 Å². The van der Waals surface area contributed by atoms with E-state index in [1.807, 2.05) is 12.1 Å². The van der Waals surface area contributed by atoms with Crippen LogP contribution in [0.1, 0.15) is 0 Å². The molecule has 12 rings (SSSR count). The van der Waals surface area contributed by atoms with Crippen molar-refractivity contribution in [1.29, 1.82) is 0 Å². The Hall–Kier alpha value is -7.83. The Balaban J connectivity index is 1.11. The van der Waals surface area contributed by atoms with Gasteiger partial charge in [-0.2, -0.15) is 9.97 Å². The fraction of sp³-hybridized carbons (Fsp3) is 0. The number of rotatable bonds is 5. The summed E-state index contributed by atoms with van der Waals surface area (Å²) < 4.78 is 11.0. The van der Waals surface area contributed by atoms with Gasteiger partial charge in [0.15, 0.2) is 11.6 Å². The van der Waals surface area contributed by atoms with Crippen LogP contribution in [0, 0.1) is 0 Å². The van der Waals surface area contributed by atoms with Gasteiger partial charge in [0.2, 0.25) is 5.95 Å². The van der Waals surface area contributed by atoms with Crippen LogP contribution in [-0.2, 0) is 0 Å². The Morgan fingerprint density at radius 1 is 0.351 bits per heavy atom. The van der Waals surface area contributed by atoms with Gasteiger partial charge in [-0.05, 0) is 65.7 Å². The van der Waals surface area contributed by atoms with Crippen LogP contribution in [0.4, 0.5) is 0 Å². The van der Waals surface area contributed by atoms with Gasteiger partial charge in [0.1, 0.15) is 11.2 Å². The number of benzene rings is 8. The third kappa shape index (κ3) is 4.87. The van der Waals surface area contributed by atoms with Crippen molar-refractivity contribution in [2.24, 2.45) is 0 Å². The van der Waals surface area contributed by atoms with E-state index in [0.29, 0.717) is 17.6 Å². The highest BCUT2D eigenvalue weighted by Gasteiger charge is 2.20. The van der Waals surface area contributed by atoms with Crippen molar-refractivity contribution in [1.82, 2.24) is 24.1 Å². The van der Waals surface area contributed by atoms with Crippen molar-refractivity contribution in [3.63, 3.8) is 0 Å². The third-order valence-electron chi connectivity index (χ3n) is 11.2. The zero-order valence-electron chi connectivity index (χ0n) is 30.5. The van der Waals surface area contributed by atoms with E-state index >= 15 is 0 Å². The number of hydrogen-bond donors (Lipinski definition) is 0. The summed E-state index contributed by atoms with van der Waals surface area (Å²) >= 11 is 0. The SMILES string of the molecule is c1ccc(-c2cccc3oc4cc(-c5nc(-c6ccc7c8ccccc8n(-c8ccccc8)c7c6)nc(-n6c7ccccc7c7ccccc76)n5)ccc4c23)cc1. The summed E-state index contributed by atoms with van der Waals surface area (Å²) in [5.74, 6) is 1.69. The van der Waals surface area contributed by atoms with Crippen LogP contribution < -0.4 is 0 Å². The largest absolute Gasteiger partial charge is 0.456 e. The molecule has 0 saturated carbocycles. The van der Waals surface area contributed by atoms with Crippen LogP contribution in [0.25, 0.3) is 111 Å². The van der Waals surface area contributed by atoms with Crippen molar-refractivity contribution < 1.29 is 4.42 Å². The summed E-state index contributed by atoms with van der Waals surface area (Å²) in [6.07, 6.45) is 0. The van der Waals surface area contributed by atoms with Gasteiger partial charge < -0.3 is 8.98 Å². The van der Waals surface area contributed by atoms with Crippen molar-refractivity contribution in [3.05, 3.63) is 188 Å². The molecule has 0 N–H and O–H groups in total. The fourth-order valence-electron chi connectivity index (χ4n) is 8.65. The Bertz CT molecular complexity index is 3470. The lowest BCUT2D eigenvalue weighted by molar-refractivity contribution is 0.669. The van der Waals surface area contributed by atoms with Crippen molar-refractivity contribution in [3.8, 4) is 45.5 Å². The van der Waals surface area contributed by atoms with E-state index in [1.165, 1.54) is 10.8 Å². The first-order valence-electron chi connectivity index (χ1n) is 19.1. The Labute approximate surface area is 326 Å². The molecule has 0 bridgehead atoms. The molecule has 57 heavy (non-hydrogen) atoms. The predicted molar refractivity (Wildman–Crippen MR) is 232 cm³/mol. The zero-order valence-corrected chi connectivity index (χ0v) is 30.5. The smallest absolute Gasteiger partial charge is 0.238 e. The van der Waals surface area contributed by atoms with Crippen LogP contribution in [0.15, 0.2) is 192 Å². The molecule has 0 fully saturated rings. The minimum Gasteiger partial charge on any atom is -0.456 e. The molecular formula is C51H31N5O. The molecular weight excluding hydrogens is 699 g/mol. The molecule has 4 aromatic heterocycles. The molecule has 0 amide bonds. The van der Waals surface area contributed by atoms with Gasteiger partial charge in [0.25, 0.3) is 0 Å². The van der Waals surface area contributed by atoms with Crippen LogP contribution >= 0.6 is 0 Å². The lowest BCUT2D eigenvalue weighted by Crippen LogP contribution is -2.06. The van der Waals surface area contributed by atoms with E-state index in [2.05, 4.69) is 185 Å². The van der Waals surface area contributed by atoms with Gasteiger partial charge in [-0.1, -0.05) is 133 Å². The Kier molecular flexibility index (Phi) is 6.83. The first-order valence-corrected chi connectivity index (χ1v) is 19.1. The summed E-state index contributed by atoms with van der Waals surface area (Å²) in [6, 6.07) is 65.5. The van der Waals surface area contributed by atoms with E-state index in [9.17, 15) is 0 Å². The number of fused-ring (bicyclic) bond motifs is 9. The third-order valence-corrected chi connectivity index (χ3v) is 11.2. The van der Waals surface area contributed by atoms with E-state index in [-0.39, 0.29) is 0 Å². The second kappa shape index (κ2) is 12.3. The first-order chi connectivity index (χ1) is 28.3. The maximum absolute atomic E-state index is 6.56. The number of aromatic nitrogens is 5. The van der Waals surface area contributed by atoms with Crippen molar-refractivity contribution >= 4 is 65.6 Å². The minimum absolute atomic E-state index is 0.548. The quantitative estimate of drug-likeness (QED) is 0.177. The maximum Gasteiger partial charge on any atom is 0.238 e. The average molecular weight is 730 g/mol. The Morgan fingerprint density at radius 3 is 1.56 bits per heavy atom. The molecule has 0 saturated heterocycles. The highest BCUT2D eigenvalue weighted by Crippen LogP contribution is 2.39. The molecule has 0 radical (unpaired) electrons. The topological polar surface area (TPSA) is 61.7 Å². The molecule has 0 aliphatic heterocycles. The van der Waals surface area contributed by atoms with E-state index in [4.69, 9.17) is 19.4 Å². The summed E-state index contributed by atoms with van der Waals surface area (Å²) in [4.78, 5) is 15.8. The highest BCUT2D eigenvalue weighted by atomic mass is 16.3. The molecule has 0 atom stereocenters. The second-order valence-electron chi connectivity index (χ2n) is 14.4. The average Bonchev–Trinajstić information content (AvgIpc) is 3.94. The number of nitrogens with zero attached hydrogens (tertiary/aromatic N) is 5. The van der Waals surface area contributed by atoms with Crippen LogP contribution in [0.5, 0.6) is 0 Å². The van der Waals surface area contributed by atoms with Gasteiger partial charge in [-0.15, -0.1) is 0 Å². The molecule has 0 aliphatic carbocycles. The predicted octanol–water partition coefficient (Wildman–Crippen LogP) is 13.0. The van der Waals surface area contributed by atoms with Gasteiger partial charge in [-0.3, -0.25) is 4.57 Å². The molecule has 266 valence electrons. The summed E-state index contributed by atoms with van der Waals surface area (Å²) in [7, 11) is 0. The summed E-state index contributed by atoms with van der Waals surface area (Å²) in [6.45, 7) is 0. The molecule has 4 heterocycles. The molecule has 0 spiro atoms. The lowest BCUT2D eigenvalue weighted by atomic mass is 9.99. The highest BCUT2D eigenvalue weighted by molar-refractivity contribution is 6.13. The molecule has 12 aromatic rings. The van der Waals surface area contributed by atoms with Crippen LogP contribution in [0.2, 0.25) is 0 Å². The minimum atomic E-state index is 0.548. The standard InChI is InChI=1S/C51H31N5O/c1-3-14-32(15-4-1)36-21-13-25-46-48(36)41-29-27-34(31-47(41)57-46)50-52-49(53-51(54-50)56-43-23-11-8-18-37(43)38-19-9-12-24-44(38)56)33-26-28-40-39-20-7-10-22-42(39)55(45(40)30-33)35-16-5-2-6-17-35/h1-31H. The second-order valence-corrected chi connectivity index (χ2v) is 14.4. The van der Waals surface area contributed by atoms with Gasteiger partial charge in [0.05, 0.1) is 22.1 Å². The molecule has 0 aliphatic rings. The molecule has 0 unspecified atom stereocenters. The van der Waals surface area contributed by atoms with Gasteiger partial charge in [0, 0.05) is 49.1 Å². The zero-order chi connectivity index (χ0) is 37.5. The van der Waals surface area contributed by atoms with Crippen LogP contribution in [0.3, 0.4) is 0 Å². The lowest BCUT2D eigenvalue weighted by Gasteiger charge is -2.12. The first kappa shape index (κ1) is 31.5. The Morgan fingerprint density at radius 2 is 0.895 bits per heavy atom. The van der Waals surface area contributed by atoms with Crippen molar-refractivity contribution in [2.75, 3.05) is 0 Å². The summed E-state index contributed by atoms with van der Waals surface area (Å²) in [5.41, 5.74) is 11.0. The maximum atomic E-state index is 6.56. The van der Waals surface area contributed by atoms with E-state index in [1.54, 1.807) is 0 Å². The molecule has 6 nitrogen and oxygen atoms in total. The molecule has 6 heteroatoms. The van der Waals surface area contributed by atoms with Gasteiger partial charge in [-0.25, -0.2) is 4.98 Å². The summed E-state index contributed by atoms with van der Waals surface area (Å²) in [5, 5.41) is 6.78. The van der Waals surface area contributed by atoms with E-state index in [0.717, 1.165) is 82.7 Å². The van der Waals surface area contributed by atoms with Crippen molar-refractivity contribution in [2.45, 2.75) is 0 Å². The molecule has 8 aromatic carbocycles. The van der Waals surface area contributed by atoms with Crippen LogP contribution in [-0.4, -0.2) is 24.1 Å².